The average molecular weight is 435 g/mol. The lowest BCUT2D eigenvalue weighted by molar-refractivity contribution is 0.386. The highest BCUT2D eigenvalue weighted by Crippen LogP contribution is 2.32. The second kappa shape index (κ2) is 8.40. The van der Waals surface area contributed by atoms with E-state index < -0.39 is 10.0 Å². The van der Waals surface area contributed by atoms with E-state index in [4.69, 9.17) is 9.97 Å². The molecule has 1 aromatic heterocycles. The van der Waals surface area contributed by atoms with Gasteiger partial charge in [0, 0.05) is 43.7 Å². The lowest BCUT2D eigenvalue weighted by Crippen LogP contribution is -2.38. The number of benzene rings is 2. The van der Waals surface area contributed by atoms with Gasteiger partial charge in [-0.15, -0.1) is 0 Å². The van der Waals surface area contributed by atoms with E-state index in [9.17, 15) is 8.42 Å². The van der Waals surface area contributed by atoms with E-state index in [1.165, 1.54) is 0 Å². The van der Waals surface area contributed by atoms with Crippen LogP contribution in [0.4, 0.5) is 5.82 Å². The molecular formula is C24H26N4O2S. The van der Waals surface area contributed by atoms with Crippen molar-refractivity contribution in [2.24, 2.45) is 0 Å². The van der Waals surface area contributed by atoms with Gasteiger partial charge in [-0.1, -0.05) is 60.7 Å². The quantitative estimate of drug-likeness (QED) is 0.614. The lowest BCUT2D eigenvalue weighted by Gasteiger charge is -2.31. The third-order valence-corrected chi connectivity index (χ3v) is 7.82. The zero-order valence-electron chi connectivity index (χ0n) is 17.4. The molecule has 2 aliphatic rings. The molecule has 1 fully saturated rings. The molecule has 0 saturated carbocycles. The summed E-state index contributed by atoms with van der Waals surface area (Å²) in [5.41, 5.74) is 3.74. The summed E-state index contributed by atoms with van der Waals surface area (Å²) in [6.07, 6.45) is 2.87. The smallest absolute Gasteiger partial charge is 0.218 e. The summed E-state index contributed by atoms with van der Waals surface area (Å²) in [4.78, 5) is 12.1. The van der Waals surface area contributed by atoms with Crippen molar-refractivity contribution < 1.29 is 8.42 Å². The van der Waals surface area contributed by atoms with Crippen LogP contribution in [0, 0.1) is 0 Å². The van der Waals surface area contributed by atoms with Gasteiger partial charge in [0.05, 0.1) is 11.4 Å². The SMILES string of the molecule is O=S(=O)(Cc1ccccc1)N1CCc2nc(-c3ccccc3)nc(N3CCCC3)c2C1. The van der Waals surface area contributed by atoms with Crippen LogP contribution >= 0.6 is 0 Å². The number of aromatic nitrogens is 2. The Balaban J connectivity index is 1.50. The molecule has 3 aromatic rings. The first-order chi connectivity index (χ1) is 15.1. The van der Waals surface area contributed by atoms with Crippen molar-refractivity contribution in [2.45, 2.75) is 31.6 Å². The van der Waals surface area contributed by atoms with Crippen LogP contribution < -0.4 is 4.90 Å². The number of sulfonamides is 1. The minimum absolute atomic E-state index is 0.0190. The first-order valence-corrected chi connectivity index (χ1v) is 12.4. The molecule has 160 valence electrons. The summed E-state index contributed by atoms with van der Waals surface area (Å²) in [5.74, 6) is 1.65. The molecule has 5 rings (SSSR count). The first-order valence-electron chi connectivity index (χ1n) is 10.8. The molecule has 0 atom stereocenters. The maximum Gasteiger partial charge on any atom is 0.218 e. The largest absolute Gasteiger partial charge is 0.356 e. The summed E-state index contributed by atoms with van der Waals surface area (Å²) >= 11 is 0. The summed E-state index contributed by atoms with van der Waals surface area (Å²) in [5, 5.41) is 0. The van der Waals surface area contributed by atoms with Gasteiger partial charge in [0.2, 0.25) is 10.0 Å². The van der Waals surface area contributed by atoms with E-state index in [1.807, 2.05) is 60.7 Å². The van der Waals surface area contributed by atoms with Crippen LogP contribution in [0.3, 0.4) is 0 Å². The number of hydrogen-bond donors (Lipinski definition) is 0. The number of anilines is 1. The molecule has 0 N–H and O–H groups in total. The highest BCUT2D eigenvalue weighted by molar-refractivity contribution is 7.88. The fourth-order valence-electron chi connectivity index (χ4n) is 4.39. The van der Waals surface area contributed by atoms with Gasteiger partial charge < -0.3 is 4.90 Å². The van der Waals surface area contributed by atoms with Crippen LogP contribution in [0.5, 0.6) is 0 Å². The van der Waals surface area contributed by atoms with E-state index in [1.54, 1.807) is 4.31 Å². The molecule has 0 spiro atoms. The van der Waals surface area contributed by atoms with Gasteiger partial charge in [0.1, 0.15) is 5.82 Å². The molecule has 0 unspecified atom stereocenters. The lowest BCUT2D eigenvalue weighted by atomic mass is 10.1. The molecule has 0 radical (unpaired) electrons. The van der Waals surface area contributed by atoms with Gasteiger partial charge in [-0.3, -0.25) is 0 Å². The number of nitrogens with zero attached hydrogens (tertiary/aromatic N) is 4. The number of rotatable bonds is 5. The van der Waals surface area contributed by atoms with E-state index in [0.717, 1.165) is 60.0 Å². The second-order valence-corrected chi connectivity index (χ2v) is 10.2. The van der Waals surface area contributed by atoms with Crippen molar-refractivity contribution >= 4 is 15.8 Å². The van der Waals surface area contributed by atoms with E-state index in [2.05, 4.69) is 4.90 Å². The normalized spacial score (nSPS) is 17.0. The topological polar surface area (TPSA) is 66.4 Å². The third kappa shape index (κ3) is 4.20. The molecule has 2 aliphatic heterocycles. The Labute approximate surface area is 183 Å². The van der Waals surface area contributed by atoms with E-state index in [0.29, 0.717) is 19.5 Å². The van der Waals surface area contributed by atoms with E-state index in [-0.39, 0.29) is 5.75 Å². The zero-order chi connectivity index (χ0) is 21.3. The summed E-state index contributed by atoms with van der Waals surface area (Å²) in [6, 6.07) is 19.4. The maximum atomic E-state index is 13.2. The van der Waals surface area contributed by atoms with Gasteiger partial charge in [0.25, 0.3) is 0 Å². The van der Waals surface area contributed by atoms with Crippen LogP contribution in [-0.4, -0.2) is 42.3 Å². The molecule has 31 heavy (non-hydrogen) atoms. The Bertz CT molecular complexity index is 1160. The predicted octanol–water partition coefficient (Wildman–Crippen LogP) is 3.63. The summed E-state index contributed by atoms with van der Waals surface area (Å²) in [6.45, 7) is 2.70. The van der Waals surface area contributed by atoms with Gasteiger partial charge in [-0.05, 0) is 18.4 Å². The first kappa shape index (κ1) is 20.2. The van der Waals surface area contributed by atoms with Crippen LogP contribution in [0.15, 0.2) is 60.7 Å². The Morgan fingerprint density at radius 1 is 0.839 bits per heavy atom. The number of hydrogen-bond acceptors (Lipinski definition) is 5. The molecule has 1 saturated heterocycles. The minimum atomic E-state index is -3.42. The molecule has 3 heterocycles. The van der Waals surface area contributed by atoms with Gasteiger partial charge in [-0.2, -0.15) is 4.31 Å². The highest BCUT2D eigenvalue weighted by atomic mass is 32.2. The summed E-state index contributed by atoms with van der Waals surface area (Å²) < 4.78 is 27.9. The van der Waals surface area contributed by atoms with Gasteiger partial charge >= 0.3 is 0 Å². The molecule has 2 aromatic carbocycles. The van der Waals surface area contributed by atoms with Crippen LogP contribution in [0.25, 0.3) is 11.4 Å². The summed E-state index contributed by atoms with van der Waals surface area (Å²) in [7, 11) is -3.42. The van der Waals surface area contributed by atoms with Gasteiger partial charge in [-0.25, -0.2) is 18.4 Å². The van der Waals surface area contributed by atoms with Crippen molar-refractivity contribution in [3.05, 3.63) is 77.5 Å². The van der Waals surface area contributed by atoms with Crippen molar-refractivity contribution in [1.82, 2.24) is 14.3 Å². The minimum Gasteiger partial charge on any atom is -0.356 e. The van der Waals surface area contributed by atoms with Gasteiger partial charge in [0.15, 0.2) is 5.82 Å². The predicted molar refractivity (Wildman–Crippen MR) is 122 cm³/mol. The van der Waals surface area contributed by atoms with Crippen molar-refractivity contribution in [3.8, 4) is 11.4 Å². The Kier molecular flexibility index (Phi) is 5.46. The fraction of sp³-hybridized carbons (Fsp3) is 0.333. The fourth-order valence-corrected chi connectivity index (χ4v) is 5.88. The Morgan fingerprint density at radius 3 is 2.23 bits per heavy atom. The van der Waals surface area contributed by atoms with Crippen LogP contribution in [0.2, 0.25) is 0 Å². The van der Waals surface area contributed by atoms with Crippen LogP contribution in [0.1, 0.15) is 29.7 Å². The van der Waals surface area contributed by atoms with Crippen molar-refractivity contribution in [1.29, 1.82) is 0 Å². The molecular weight excluding hydrogens is 408 g/mol. The van der Waals surface area contributed by atoms with Crippen molar-refractivity contribution in [2.75, 3.05) is 24.5 Å². The second-order valence-electron chi connectivity index (χ2n) is 8.18. The Hall–Kier alpha value is -2.77. The maximum absolute atomic E-state index is 13.2. The van der Waals surface area contributed by atoms with E-state index >= 15 is 0 Å². The van der Waals surface area contributed by atoms with Crippen LogP contribution in [-0.2, 0) is 28.7 Å². The zero-order valence-corrected chi connectivity index (χ0v) is 18.3. The molecule has 0 bridgehead atoms. The van der Waals surface area contributed by atoms with Crippen molar-refractivity contribution in [3.63, 3.8) is 0 Å². The molecule has 7 heteroatoms. The molecule has 6 nitrogen and oxygen atoms in total. The monoisotopic (exact) mass is 434 g/mol. The molecule has 0 amide bonds. The third-order valence-electron chi connectivity index (χ3n) is 6.03. The average Bonchev–Trinajstić information content (AvgIpc) is 3.34. The molecule has 0 aliphatic carbocycles. The standard InChI is InChI=1S/C24H26N4O2S/c29-31(30,18-19-9-3-1-4-10-19)28-16-13-22-21(17-28)24(27-14-7-8-15-27)26-23(25-22)20-11-5-2-6-12-20/h1-6,9-12H,7-8,13-18H2. The Morgan fingerprint density at radius 2 is 1.52 bits per heavy atom. The number of fused-ring (bicyclic) bond motifs is 1. The highest BCUT2D eigenvalue weighted by Gasteiger charge is 2.32.